The number of nitrogens with one attached hydrogen (secondary N) is 1. The summed E-state index contributed by atoms with van der Waals surface area (Å²) in [5.41, 5.74) is 5.15. The van der Waals surface area contributed by atoms with Gasteiger partial charge in [0.2, 0.25) is 5.91 Å². The molecule has 1 aliphatic heterocycles. The maximum Gasteiger partial charge on any atom is 0.335 e. The zero-order valence-corrected chi connectivity index (χ0v) is 21.9. The average Bonchev–Trinajstić information content (AvgIpc) is 3.75. The molecular weight excluding hydrogens is 532 g/mol. The topological polar surface area (TPSA) is 134 Å². The fourth-order valence-electron chi connectivity index (χ4n) is 4.89. The number of halogens is 1. The highest BCUT2D eigenvalue weighted by Crippen LogP contribution is 2.29. The van der Waals surface area contributed by atoms with Gasteiger partial charge in [-0.05, 0) is 48.4 Å². The van der Waals surface area contributed by atoms with Crippen LogP contribution in [0.25, 0.3) is 27.9 Å². The largest absolute Gasteiger partial charge is 0.478 e. The third-order valence-electron chi connectivity index (χ3n) is 6.98. The van der Waals surface area contributed by atoms with Gasteiger partial charge in [-0.25, -0.2) is 4.79 Å². The van der Waals surface area contributed by atoms with Crippen LogP contribution in [0, 0.1) is 0 Å². The second-order valence-electron chi connectivity index (χ2n) is 9.48. The number of carbonyl (C=O) groups excluding carboxylic acids is 1. The van der Waals surface area contributed by atoms with Crippen molar-refractivity contribution in [3.63, 3.8) is 0 Å². The number of carboxylic acids is 1. The third-order valence-corrected chi connectivity index (χ3v) is 7.22. The number of nitrogens with zero attached hydrogens (tertiary/aromatic N) is 7. The Hall–Kier alpha value is -4.90. The normalized spacial score (nSPS) is 14.0. The molecule has 0 bridgehead atoms. The minimum absolute atomic E-state index is 0.118. The first-order chi connectivity index (χ1) is 19.5. The van der Waals surface area contributed by atoms with Gasteiger partial charge in [0.05, 0.1) is 17.5 Å². The molecule has 12 heteroatoms. The SMILES string of the molecule is O=C(O)c1ccc(-c2cnn(C(CN3CCCC3=O)c3ccc(-c4cc(Cl)ccc4-[n+]4cnn[nH]4)cn3)c2)cc1. The van der Waals surface area contributed by atoms with Crippen molar-refractivity contribution in [3.05, 3.63) is 95.8 Å². The molecule has 4 heterocycles. The zero-order valence-electron chi connectivity index (χ0n) is 21.2. The van der Waals surface area contributed by atoms with Crippen LogP contribution in [0.15, 0.2) is 79.5 Å². The molecule has 1 aliphatic rings. The summed E-state index contributed by atoms with van der Waals surface area (Å²) < 4.78 is 3.50. The summed E-state index contributed by atoms with van der Waals surface area (Å²) in [6.45, 7) is 1.13. The highest BCUT2D eigenvalue weighted by atomic mass is 35.5. The van der Waals surface area contributed by atoms with Crippen LogP contribution in [-0.4, -0.2) is 65.3 Å². The molecule has 1 atom stereocenters. The molecule has 3 aromatic heterocycles. The molecule has 0 spiro atoms. The number of rotatable bonds is 8. The number of benzene rings is 2. The van der Waals surface area contributed by atoms with Crippen molar-refractivity contribution in [3.8, 4) is 27.9 Å². The Morgan fingerprint density at radius 2 is 1.90 bits per heavy atom. The molecule has 1 saturated heterocycles. The number of tetrazole rings is 1. The Morgan fingerprint density at radius 3 is 2.58 bits per heavy atom. The van der Waals surface area contributed by atoms with Crippen LogP contribution in [0.5, 0.6) is 0 Å². The van der Waals surface area contributed by atoms with Crippen molar-refractivity contribution in [2.24, 2.45) is 0 Å². The Kier molecular flexibility index (Phi) is 6.79. The Bertz CT molecular complexity index is 1670. The summed E-state index contributed by atoms with van der Waals surface area (Å²) in [7, 11) is 0. The molecular formula is C28H24ClN8O3+. The fraction of sp³-hybridized carbons (Fsp3) is 0.179. The van der Waals surface area contributed by atoms with Crippen LogP contribution in [0.1, 0.15) is 34.9 Å². The van der Waals surface area contributed by atoms with Gasteiger partial charge in [0.15, 0.2) is 5.21 Å². The summed E-state index contributed by atoms with van der Waals surface area (Å²) in [6.07, 6.45) is 8.35. The first-order valence-corrected chi connectivity index (χ1v) is 13.0. The summed E-state index contributed by atoms with van der Waals surface area (Å²) in [5.74, 6) is -0.858. The maximum atomic E-state index is 12.5. The smallest absolute Gasteiger partial charge is 0.335 e. The highest BCUT2D eigenvalue weighted by molar-refractivity contribution is 6.31. The lowest BCUT2D eigenvalue weighted by atomic mass is 10.0. The third kappa shape index (κ3) is 5.06. The molecule has 2 N–H and O–H groups in total. The number of pyridine rings is 1. The quantitative estimate of drug-likeness (QED) is 0.280. The number of likely N-dealkylation sites (tertiary alicyclic amines) is 1. The summed E-state index contributed by atoms with van der Waals surface area (Å²) in [4.78, 5) is 30.4. The number of aromatic amines is 1. The van der Waals surface area contributed by atoms with E-state index in [1.807, 2.05) is 40.0 Å². The van der Waals surface area contributed by atoms with Crippen LogP contribution in [0.2, 0.25) is 5.02 Å². The molecule has 11 nitrogen and oxygen atoms in total. The van der Waals surface area contributed by atoms with Gasteiger partial charge in [-0.2, -0.15) is 5.10 Å². The van der Waals surface area contributed by atoms with Crippen molar-refractivity contribution in [2.75, 3.05) is 13.1 Å². The maximum absolute atomic E-state index is 12.5. The van der Waals surface area contributed by atoms with Crippen LogP contribution in [0.4, 0.5) is 0 Å². The van der Waals surface area contributed by atoms with Gasteiger partial charge in [-0.1, -0.05) is 35.0 Å². The number of aromatic carboxylic acids is 1. The molecule has 5 aromatic rings. The van der Waals surface area contributed by atoms with Gasteiger partial charge >= 0.3 is 5.97 Å². The monoisotopic (exact) mass is 555 g/mol. The molecule has 40 heavy (non-hydrogen) atoms. The lowest BCUT2D eigenvalue weighted by molar-refractivity contribution is -0.659. The van der Waals surface area contributed by atoms with E-state index >= 15 is 0 Å². The number of hydrogen-bond donors (Lipinski definition) is 2. The first kappa shape index (κ1) is 25.4. The van der Waals surface area contributed by atoms with Gasteiger partial charge in [0.1, 0.15) is 16.8 Å². The van der Waals surface area contributed by atoms with Crippen LogP contribution >= 0.6 is 11.6 Å². The molecule has 2 aromatic carbocycles. The summed E-state index contributed by atoms with van der Waals surface area (Å²) >= 11 is 6.33. The molecule has 1 unspecified atom stereocenters. The van der Waals surface area contributed by atoms with Crippen molar-refractivity contribution < 1.29 is 19.4 Å². The van der Waals surface area contributed by atoms with Crippen molar-refractivity contribution >= 4 is 23.5 Å². The van der Waals surface area contributed by atoms with Crippen molar-refractivity contribution in [1.82, 2.24) is 35.2 Å². The predicted octanol–water partition coefficient (Wildman–Crippen LogP) is 3.57. The van der Waals surface area contributed by atoms with E-state index in [9.17, 15) is 14.7 Å². The Balaban J connectivity index is 1.34. The van der Waals surface area contributed by atoms with Crippen molar-refractivity contribution in [1.29, 1.82) is 0 Å². The number of hydrogen-bond acceptors (Lipinski definition) is 6. The zero-order chi connectivity index (χ0) is 27.6. The number of aromatic nitrogens is 7. The fourth-order valence-corrected chi connectivity index (χ4v) is 5.06. The predicted molar refractivity (Wildman–Crippen MR) is 145 cm³/mol. The van der Waals surface area contributed by atoms with Gasteiger partial charge in [0, 0.05) is 53.6 Å². The highest BCUT2D eigenvalue weighted by Gasteiger charge is 2.27. The number of H-pyrrole nitrogens is 1. The second-order valence-corrected chi connectivity index (χ2v) is 9.92. The number of amides is 1. The molecule has 0 saturated carbocycles. The van der Waals surface area contributed by atoms with Gasteiger partial charge in [-0.15, -0.1) is 4.68 Å². The number of carboxylic acid groups (broad SMARTS) is 1. The van der Waals surface area contributed by atoms with Gasteiger partial charge in [-0.3, -0.25) is 14.5 Å². The van der Waals surface area contributed by atoms with Gasteiger partial charge in [0.25, 0.3) is 6.33 Å². The summed E-state index contributed by atoms with van der Waals surface area (Å²) in [5, 5.41) is 24.9. The first-order valence-electron chi connectivity index (χ1n) is 12.7. The van der Waals surface area contributed by atoms with E-state index in [0.717, 1.165) is 40.1 Å². The van der Waals surface area contributed by atoms with Crippen LogP contribution in [-0.2, 0) is 4.79 Å². The number of carbonyl (C=O) groups is 2. The van der Waals surface area contributed by atoms with E-state index in [1.54, 1.807) is 53.7 Å². The van der Waals surface area contributed by atoms with Crippen molar-refractivity contribution in [2.45, 2.75) is 18.9 Å². The van der Waals surface area contributed by atoms with Crippen LogP contribution < -0.4 is 4.68 Å². The average molecular weight is 556 g/mol. The Labute approximate surface area is 233 Å². The molecule has 0 aliphatic carbocycles. The minimum Gasteiger partial charge on any atom is -0.478 e. The van der Waals surface area contributed by atoms with E-state index in [-0.39, 0.29) is 17.5 Å². The lowest BCUT2D eigenvalue weighted by Gasteiger charge is -2.24. The molecule has 1 amide bonds. The second kappa shape index (κ2) is 10.7. The molecule has 200 valence electrons. The van der Waals surface area contributed by atoms with Crippen LogP contribution in [0.3, 0.4) is 0 Å². The Morgan fingerprint density at radius 1 is 1.07 bits per heavy atom. The van der Waals surface area contributed by atoms with E-state index in [1.165, 1.54) is 0 Å². The van der Waals surface area contributed by atoms with E-state index in [4.69, 9.17) is 16.6 Å². The standard InChI is InChI=1S/C28H23ClN8O3/c29-22-8-10-25(37-17-31-33-34-37)23(12-22)20-7-9-24(30-13-20)26(16-35-11-1-2-27(35)38)36-15-21(14-32-36)18-3-5-19(6-4-18)28(39)40/h3-10,12-15,17,26H,1-2,11,16H2,(H,39,40)/p+1. The lowest BCUT2D eigenvalue weighted by Crippen LogP contribution is -2.33. The molecule has 6 rings (SSSR count). The van der Waals surface area contributed by atoms with E-state index < -0.39 is 5.97 Å². The molecule has 1 fully saturated rings. The molecule has 0 radical (unpaired) electrons. The summed E-state index contributed by atoms with van der Waals surface area (Å²) in [6, 6.07) is 15.8. The van der Waals surface area contributed by atoms with E-state index in [2.05, 4.69) is 20.6 Å². The van der Waals surface area contributed by atoms with Gasteiger partial charge < -0.3 is 10.0 Å². The van der Waals surface area contributed by atoms with E-state index in [0.29, 0.717) is 24.5 Å². The minimum atomic E-state index is -0.975.